The van der Waals surface area contributed by atoms with Crippen LogP contribution in [-0.2, 0) is 20.8 Å². The number of aliphatic carboxylic acids is 1. The number of hydrogen-bond acceptors (Lipinski definition) is 5. The molecule has 1 atom stereocenters. The molecule has 0 saturated carbocycles. The summed E-state index contributed by atoms with van der Waals surface area (Å²) in [4.78, 5) is 31.6. The second-order valence-electron chi connectivity index (χ2n) is 4.89. The zero-order chi connectivity index (χ0) is 17.9. The zero-order valence-corrected chi connectivity index (χ0v) is 13.2. The van der Waals surface area contributed by atoms with Crippen molar-refractivity contribution < 1.29 is 24.2 Å². The van der Waals surface area contributed by atoms with Gasteiger partial charge in [0, 0.05) is 6.92 Å². The number of benzene rings is 2. The molecule has 2 aromatic rings. The van der Waals surface area contributed by atoms with Crippen molar-refractivity contribution in [1.29, 1.82) is 0 Å². The lowest BCUT2D eigenvalue weighted by Gasteiger charge is -2.04. The van der Waals surface area contributed by atoms with Crippen LogP contribution < -0.4 is 10.5 Å². The molecule has 126 valence electrons. The quantitative estimate of drug-likeness (QED) is 0.492. The van der Waals surface area contributed by atoms with E-state index in [0.717, 1.165) is 5.56 Å². The second kappa shape index (κ2) is 9.91. The Kier molecular flexibility index (Phi) is 7.87. The van der Waals surface area contributed by atoms with E-state index < -0.39 is 23.8 Å². The van der Waals surface area contributed by atoms with Gasteiger partial charge >= 0.3 is 11.9 Å². The summed E-state index contributed by atoms with van der Waals surface area (Å²) in [6.07, 6.45) is 0.385. The SMILES string of the molecule is CC(=O)C(=O)Oc1ccccc1.N[C@@H](Cc1ccccc1)C(=O)O. The van der Waals surface area contributed by atoms with E-state index in [1.165, 1.54) is 6.92 Å². The van der Waals surface area contributed by atoms with Crippen LogP contribution in [0.4, 0.5) is 0 Å². The van der Waals surface area contributed by atoms with E-state index in [9.17, 15) is 14.4 Å². The van der Waals surface area contributed by atoms with Gasteiger partial charge in [-0.1, -0.05) is 48.5 Å². The molecule has 0 heterocycles. The van der Waals surface area contributed by atoms with Gasteiger partial charge in [-0.25, -0.2) is 4.79 Å². The molecule has 24 heavy (non-hydrogen) atoms. The van der Waals surface area contributed by atoms with Crippen molar-refractivity contribution >= 4 is 17.7 Å². The summed E-state index contributed by atoms with van der Waals surface area (Å²) in [6.45, 7) is 1.17. The van der Waals surface area contributed by atoms with Crippen molar-refractivity contribution in [2.45, 2.75) is 19.4 Å². The molecule has 6 nitrogen and oxygen atoms in total. The van der Waals surface area contributed by atoms with E-state index in [1.54, 1.807) is 30.3 Å². The molecule has 6 heteroatoms. The number of nitrogens with two attached hydrogens (primary N) is 1. The highest BCUT2D eigenvalue weighted by atomic mass is 16.5. The minimum atomic E-state index is -0.959. The third kappa shape index (κ3) is 7.33. The van der Waals surface area contributed by atoms with Gasteiger partial charge in [0.15, 0.2) is 0 Å². The maximum atomic E-state index is 10.7. The minimum Gasteiger partial charge on any atom is -0.480 e. The lowest BCUT2D eigenvalue weighted by Crippen LogP contribution is -2.32. The minimum absolute atomic E-state index is 0.385. The summed E-state index contributed by atoms with van der Waals surface area (Å²) >= 11 is 0. The number of ketones is 1. The summed E-state index contributed by atoms with van der Waals surface area (Å²) in [7, 11) is 0. The Bertz CT molecular complexity index is 670. The average Bonchev–Trinajstić information content (AvgIpc) is 2.57. The van der Waals surface area contributed by atoms with Crippen LogP contribution in [0.3, 0.4) is 0 Å². The first-order chi connectivity index (χ1) is 11.4. The van der Waals surface area contributed by atoms with Gasteiger partial charge in [0.05, 0.1) is 0 Å². The van der Waals surface area contributed by atoms with E-state index in [-0.39, 0.29) is 0 Å². The fourth-order valence-corrected chi connectivity index (χ4v) is 1.62. The number of para-hydroxylation sites is 1. The highest BCUT2D eigenvalue weighted by Gasteiger charge is 2.11. The number of carbonyl (C=O) groups excluding carboxylic acids is 2. The molecule has 2 aromatic carbocycles. The standard InChI is InChI=1S/C9H11NO2.C9H8O3/c10-8(9(11)12)6-7-4-2-1-3-5-7;1-7(10)9(11)12-8-5-3-2-4-6-8/h1-5,8H,6,10H2,(H,11,12);2-6H,1H3/t8-;/m0./s1. The molecule has 0 bridgehead atoms. The molecule has 0 unspecified atom stereocenters. The second-order valence-corrected chi connectivity index (χ2v) is 4.89. The van der Waals surface area contributed by atoms with Gasteiger partial charge < -0.3 is 15.6 Å². The fourth-order valence-electron chi connectivity index (χ4n) is 1.62. The normalized spacial score (nSPS) is 10.8. The van der Waals surface area contributed by atoms with Crippen LogP contribution in [0, 0.1) is 0 Å². The maximum absolute atomic E-state index is 10.7. The Morgan fingerprint density at radius 3 is 1.96 bits per heavy atom. The van der Waals surface area contributed by atoms with Crippen molar-refractivity contribution in [3.05, 3.63) is 66.2 Å². The molecule has 0 spiro atoms. The number of carbonyl (C=O) groups is 3. The van der Waals surface area contributed by atoms with Crippen LogP contribution in [0.1, 0.15) is 12.5 Å². The van der Waals surface area contributed by atoms with E-state index in [2.05, 4.69) is 4.74 Å². The van der Waals surface area contributed by atoms with Crippen LogP contribution in [0.15, 0.2) is 60.7 Å². The average molecular weight is 329 g/mol. The van der Waals surface area contributed by atoms with Crippen LogP contribution in [0.5, 0.6) is 5.75 Å². The first kappa shape index (κ1) is 19.1. The number of hydrogen-bond donors (Lipinski definition) is 2. The maximum Gasteiger partial charge on any atom is 0.379 e. The number of carboxylic acids is 1. The van der Waals surface area contributed by atoms with Crippen molar-refractivity contribution in [3.8, 4) is 5.75 Å². The Morgan fingerprint density at radius 2 is 1.50 bits per heavy atom. The van der Waals surface area contributed by atoms with Gasteiger partial charge in [0.25, 0.3) is 0 Å². The molecular formula is C18H19NO5. The van der Waals surface area contributed by atoms with Gasteiger partial charge in [0.2, 0.25) is 5.78 Å². The van der Waals surface area contributed by atoms with Crippen LogP contribution in [-0.4, -0.2) is 28.9 Å². The first-order valence-corrected chi connectivity index (χ1v) is 7.20. The van der Waals surface area contributed by atoms with Gasteiger partial charge in [0.1, 0.15) is 11.8 Å². The first-order valence-electron chi connectivity index (χ1n) is 7.20. The van der Waals surface area contributed by atoms with Crippen LogP contribution in [0.2, 0.25) is 0 Å². The zero-order valence-electron chi connectivity index (χ0n) is 13.2. The molecular weight excluding hydrogens is 310 g/mol. The molecule has 0 saturated heterocycles. The summed E-state index contributed by atoms with van der Waals surface area (Å²) < 4.78 is 4.69. The summed E-state index contributed by atoms with van der Waals surface area (Å²) in [5.74, 6) is -2.00. The number of ether oxygens (including phenoxy) is 1. The fraction of sp³-hybridized carbons (Fsp3) is 0.167. The van der Waals surface area contributed by atoms with E-state index in [1.807, 2.05) is 30.3 Å². The van der Waals surface area contributed by atoms with E-state index >= 15 is 0 Å². The Hall–Kier alpha value is -2.99. The number of carboxylic acid groups (broad SMARTS) is 1. The van der Waals surface area contributed by atoms with Crippen LogP contribution >= 0.6 is 0 Å². The van der Waals surface area contributed by atoms with Gasteiger partial charge in [-0.3, -0.25) is 9.59 Å². The Balaban J connectivity index is 0.000000240. The number of rotatable bonds is 5. The third-order valence-corrected chi connectivity index (χ3v) is 2.86. The van der Waals surface area contributed by atoms with E-state index in [4.69, 9.17) is 10.8 Å². The largest absolute Gasteiger partial charge is 0.480 e. The predicted molar refractivity (Wildman–Crippen MR) is 88.5 cm³/mol. The molecule has 0 aromatic heterocycles. The lowest BCUT2D eigenvalue weighted by atomic mass is 10.1. The summed E-state index contributed by atoms with van der Waals surface area (Å²) in [5.41, 5.74) is 6.30. The number of Topliss-reactive ketones (excluding diaryl/α,β-unsaturated/α-hetero) is 1. The van der Waals surface area contributed by atoms with Crippen LogP contribution in [0.25, 0.3) is 0 Å². The smallest absolute Gasteiger partial charge is 0.379 e. The summed E-state index contributed by atoms with van der Waals surface area (Å²) in [6, 6.07) is 17.0. The Morgan fingerprint density at radius 1 is 1.00 bits per heavy atom. The van der Waals surface area contributed by atoms with Gasteiger partial charge in [-0.05, 0) is 24.1 Å². The topological polar surface area (TPSA) is 107 Å². The molecule has 0 aliphatic carbocycles. The van der Waals surface area contributed by atoms with Crippen molar-refractivity contribution in [3.63, 3.8) is 0 Å². The van der Waals surface area contributed by atoms with Crippen molar-refractivity contribution in [1.82, 2.24) is 0 Å². The molecule has 0 aliphatic rings. The molecule has 0 radical (unpaired) electrons. The third-order valence-electron chi connectivity index (χ3n) is 2.86. The van der Waals surface area contributed by atoms with Crippen molar-refractivity contribution in [2.75, 3.05) is 0 Å². The molecule has 3 N–H and O–H groups in total. The number of esters is 1. The summed E-state index contributed by atoms with van der Waals surface area (Å²) in [5, 5.41) is 8.52. The molecule has 0 amide bonds. The van der Waals surface area contributed by atoms with Gasteiger partial charge in [-0.2, -0.15) is 0 Å². The highest BCUT2D eigenvalue weighted by Crippen LogP contribution is 2.08. The van der Waals surface area contributed by atoms with Crippen molar-refractivity contribution in [2.24, 2.45) is 5.73 Å². The molecule has 2 rings (SSSR count). The highest BCUT2D eigenvalue weighted by molar-refractivity contribution is 6.33. The van der Waals surface area contributed by atoms with Gasteiger partial charge in [-0.15, -0.1) is 0 Å². The molecule has 0 aliphatic heterocycles. The predicted octanol–water partition coefficient (Wildman–Crippen LogP) is 1.82. The Labute approximate surface area is 139 Å². The lowest BCUT2D eigenvalue weighted by molar-refractivity contribution is -0.146. The molecule has 0 fully saturated rings. The van der Waals surface area contributed by atoms with E-state index in [0.29, 0.717) is 12.2 Å². The monoisotopic (exact) mass is 329 g/mol.